The molecule has 1 rings (SSSR count). The molecule has 0 saturated carbocycles. The summed E-state index contributed by atoms with van der Waals surface area (Å²) in [6, 6.07) is 0. The predicted octanol–water partition coefficient (Wildman–Crippen LogP) is 1.47. The minimum absolute atomic E-state index is 0.583. The molecule has 0 aliphatic carbocycles. The van der Waals surface area contributed by atoms with Gasteiger partial charge in [0.15, 0.2) is 0 Å². The summed E-state index contributed by atoms with van der Waals surface area (Å²) in [5, 5.41) is 0. The third-order valence-corrected chi connectivity index (χ3v) is 2.22. The second-order valence-corrected chi connectivity index (χ2v) is 2.82. The van der Waals surface area contributed by atoms with Gasteiger partial charge in [0, 0.05) is 18.4 Å². The molecule has 1 aromatic heterocycles. The Hall–Kier alpha value is -0.890. The average Bonchev–Trinajstić information content (AvgIpc) is 2.01. The first-order chi connectivity index (χ1) is 5.16. The molecule has 2 nitrogen and oxygen atoms in total. The number of pyridine rings is 1. The van der Waals surface area contributed by atoms with E-state index in [9.17, 15) is 0 Å². The molecule has 0 bridgehead atoms. The Labute approximate surface area is 67.5 Å². The van der Waals surface area contributed by atoms with E-state index in [2.05, 4.69) is 18.8 Å². The third-order valence-electron chi connectivity index (χ3n) is 2.22. The van der Waals surface area contributed by atoms with Crippen LogP contribution in [-0.2, 0) is 6.54 Å². The highest BCUT2D eigenvalue weighted by atomic mass is 14.7. The number of hydrogen-bond acceptors (Lipinski definition) is 2. The van der Waals surface area contributed by atoms with E-state index in [1.165, 1.54) is 11.1 Å². The molecule has 60 valence electrons. The Balaban J connectivity index is 3.25. The van der Waals surface area contributed by atoms with Crippen molar-refractivity contribution in [3.05, 3.63) is 28.6 Å². The lowest BCUT2D eigenvalue weighted by molar-refractivity contribution is 0.991. The Morgan fingerprint density at radius 3 is 2.45 bits per heavy atom. The van der Waals surface area contributed by atoms with Gasteiger partial charge in [0.05, 0.1) is 0 Å². The fourth-order valence-electron chi connectivity index (χ4n) is 1.09. The summed E-state index contributed by atoms with van der Waals surface area (Å²) in [6.07, 6.45) is 1.86. The Morgan fingerprint density at radius 2 is 1.91 bits per heavy atom. The first-order valence-electron chi connectivity index (χ1n) is 3.78. The summed E-state index contributed by atoms with van der Waals surface area (Å²) in [4.78, 5) is 4.23. The number of hydrogen-bond donors (Lipinski definition) is 1. The van der Waals surface area contributed by atoms with Gasteiger partial charge in [-0.05, 0) is 37.5 Å². The van der Waals surface area contributed by atoms with Crippen LogP contribution in [-0.4, -0.2) is 4.98 Å². The van der Waals surface area contributed by atoms with Gasteiger partial charge in [-0.3, -0.25) is 4.98 Å². The van der Waals surface area contributed by atoms with Crippen LogP contribution in [0.15, 0.2) is 6.20 Å². The molecule has 2 heteroatoms. The quantitative estimate of drug-likeness (QED) is 0.658. The zero-order valence-electron chi connectivity index (χ0n) is 7.31. The van der Waals surface area contributed by atoms with Crippen LogP contribution >= 0.6 is 0 Å². The number of nitrogens with zero attached hydrogens (tertiary/aromatic N) is 1. The second kappa shape index (κ2) is 3.01. The van der Waals surface area contributed by atoms with Gasteiger partial charge < -0.3 is 5.73 Å². The maximum Gasteiger partial charge on any atom is 0.0404 e. The molecular weight excluding hydrogens is 136 g/mol. The lowest BCUT2D eigenvalue weighted by Crippen LogP contribution is -2.03. The second-order valence-electron chi connectivity index (χ2n) is 2.82. The Bertz CT molecular complexity index is 267. The SMILES string of the molecule is Cc1ncc(CN)c(C)c1C. The number of rotatable bonds is 1. The van der Waals surface area contributed by atoms with E-state index in [-0.39, 0.29) is 0 Å². The van der Waals surface area contributed by atoms with Crippen molar-refractivity contribution in [1.82, 2.24) is 4.98 Å². The maximum absolute atomic E-state index is 5.53. The summed E-state index contributed by atoms with van der Waals surface area (Å²) < 4.78 is 0. The fraction of sp³-hybridized carbons (Fsp3) is 0.444. The zero-order chi connectivity index (χ0) is 8.43. The molecule has 0 amide bonds. The van der Waals surface area contributed by atoms with Gasteiger partial charge in [0.1, 0.15) is 0 Å². The standard InChI is InChI=1S/C9H14N2/c1-6-7(2)9(4-10)5-11-8(6)3/h5H,4,10H2,1-3H3. The van der Waals surface area contributed by atoms with Crippen LogP contribution in [0.2, 0.25) is 0 Å². The minimum atomic E-state index is 0.583. The molecule has 0 radical (unpaired) electrons. The van der Waals surface area contributed by atoms with E-state index in [1.54, 1.807) is 0 Å². The van der Waals surface area contributed by atoms with Crippen molar-refractivity contribution in [2.24, 2.45) is 5.73 Å². The molecule has 0 unspecified atom stereocenters. The highest BCUT2D eigenvalue weighted by Crippen LogP contribution is 2.13. The molecule has 0 fully saturated rings. The summed E-state index contributed by atoms with van der Waals surface area (Å²) in [5.41, 5.74) is 10.3. The topological polar surface area (TPSA) is 38.9 Å². The Kier molecular flexibility index (Phi) is 2.25. The largest absolute Gasteiger partial charge is 0.326 e. The van der Waals surface area contributed by atoms with E-state index in [1.807, 2.05) is 13.1 Å². The molecule has 0 spiro atoms. The molecule has 1 heterocycles. The molecule has 0 atom stereocenters. The van der Waals surface area contributed by atoms with Gasteiger partial charge in [0.2, 0.25) is 0 Å². The van der Waals surface area contributed by atoms with Crippen LogP contribution in [0.1, 0.15) is 22.4 Å². The van der Waals surface area contributed by atoms with Gasteiger partial charge in [-0.25, -0.2) is 0 Å². The van der Waals surface area contributed by atoms with Gasteiger partial charge in [-0.15, -0.1) is 0 Å². The van der Waals surface area contributed by atoms with Gasteiger partial charge >= 0.3 is 0 Å². The normalized spacial score (nSPS) is 10.2. The van der Waals surface area contributed by atoms with Gasteiger partial charge in [-0.1, -0.05) is 0 Å². The third kappa shape index (κ3) is 1.40. The molecule has 1 aromatic rings. The van der Waals surface area contributed by atoms with Gasteiger partial charge in [0.25, 0.3) is 0 Å². The van der Waals surface area contributed by atoms with E-state index >= 15 is 0 Å². The van der Waals surface area contributed by atoms with Crippen molar-refractivity contribution in [2.45, 2.75) is 27.3 Å². The average molecular weight is 150 g/mol. The van der Waals surface area contributed by atoms with Crippen molar-refractivity contribution in [3.8, 4) is 0 Å². The maximum atomic E-state index is 5.53. The van der Waals surface area contributed by atoms with Crippen LogP contribution in [0.4, 0.5) is 0 Å². The summed E-state index contributed by atoms with van der Waals surface area (Å²) in [6.45, 7) is 6.77. The first kappa shape index (κ1) is 8.21. The van der Waals surface area contributed by atoms with E-state index in [0.717, 1.165) is 11.3 Å². The summed E-state index contributed by atoms with van der Waals surface area (Å²) in [5.74, 6) is 0. The van der Waals surface area contributed by atoms with Crippen LogP contribution in [0, 0.1) is 20.8 Å². The monoisotopic (exact) mass is 150 g/mol. The zero-order valence-corrected chi connectivity index (χ0v) is 7.31. The van der Waals surface area contributed by atoms with Crippen molar-refractivity contribution < 1.29 is 0 Å². The smallest absolute Gasteiger partial charge is 0.0404 e. The Morgan fingerprint density at radius 1 is 1.27 bits per heavy atom. The van der Waals surface area contributed by atoms with Crippen LogP contribution in [0.5, 0.6) is 0 Å². The molecule has 0 aromatic carbocycles. The lowest BCUT2D eigenvalue weighted by Gasteiger charge is -2.07. The summed E-state index contributed by atoms with van der Waals surface area (Å²) in [7, 11) is 0. The number of nitrogens with two attached hydrogens (primary N) is 1. The molecule has 11 heavy (non-hydrogen) atoms. The fourth-order valence-corrected chi connectivity index (χ4v) is 1.09. The number of aryl methyl sites for hydroxylation is 1. The molecule has 2 N–H and O–H groups in total. The van der Waals surface area contributed by atoms with E-state index in [0.29, 0.717) is 6.54 Å². The van der Waals surface area contributed by atoms with Crippen molar-refractivity contribution in [1.29, 1.82) is 0 Å². The molecule has 0 saturated heterocycles. The lowest BCUT2D eigenvalue weighted by atomic mass is 10.0. The van der Waals surface area contributed by atoms with Crippen molar-refractivity contribution in [3.63, 3.8) is 0 Å². The highest BCUT2D eigenvalue weighted by molar-refractivity contribution is 5.33. The molecule has 0 aliphatic heterocycles. The van der Waals surface area contributed by atoms with Crippen LogP contribution in [0.3, 0.4) is 0 Å². The van der Waals surface area contributed by atoms with Crippen molar-refractivity contribution >= 4 is 0 Å². The van der Waals surface area contributed by atoms with Gasteiger partial charge in [-0.2, -0.15) is 0 Å². The highest BCUT2D eigenvalue weighted by Gasteiger charge is 2.01. The van der Waals surface area contributed by atoms with E-state index in [4.69, 9.17) is 5.73 Å². The molecule has 0 aliphatic rings. The van der Waals surface area contributed by atoms with Crippen molar-refractivity contribution in [2.75, 3.05) is 0 Å². The first-order valence-corrected chi connectivity index (χ1v) is 3.78. The summed E-state index contributed by atoms with van der Waals surface area (Å²) >= 11 is 0. The molecular formula is C9H14N2. The number of aromatic nitrogens is 1. The minimum Gasteiger partial charge on any atom is -0.326 e. The van der Waals surface area contributed by atoms with E-state index < -0.39 is 0 Å². The predicted molar refractivity (Wildman–Crippen MR) is 46.3 cm³/mol. The van der Waals surface area contributed by atoms with Crippen LogP contribution in [0.25, 0.3) is 0 Å². The van der Waals surface area contributed by atoms with Crippen LogP contribution < -0.4 is 5.73 Å².